The van der Waals surface area contributed by atoms with Gasteiger partial charge in [0.15, 0.2) is 23.0 Å². The minimum atomic E-state index is -0.576. The summed E-state index contributed by atoms with van der Waals surface area (Å²) in [5.41, 5.74) is 3.36. The summed E-state index contributed by atoms with van der Waals surface area (Å²) < 4.78 is 0. The van der Waals surface area contributed by atoms with E-state index in [4.69, 9.17) is 0 Å². The Kier molecular flexibility index (Phi) is 4.47. The van der Waals surface area contributed by atoms with Crippen LogP contribution in [-0.4, -0.2) is 40.9 Å². The molecule has 0 aliphatic heterocycles. The van der Waals surface area contributed by atoms with Gasteiger partial charge in [0, 0.05) is 46.9 Å². The number of aromatic hydroxyl groups is 8. The van der Waals surface area contributed by atoms with Crippen molar-refractivity contribution in [2.75, 3.05) is 0 Å². The lowest BCUT2D eigenvalue weighted by Gasteiger charge is -2.23. The van der Waals surface area contributed by atoms with Crippen molar-refractivity contribution in [3.05, 3.63) is 94.0 Å². The monoisotopic (exact) mass is 486 g/mol. The van der Waals surface area contributed by atoms with Crippen molar-refractivity contribution in [1.29, 1.82) is 0 Å². The first-order chi connectivity index (χ1) is 17.2. The molecule has 0 bridgehead atoms. The Labute approximate surface area is 204 Å². The Morgan fingerprint density at radius 1 is 0.389 bits per heavy atom. The highest BCUT2D eigenvalue weighted by atomic mass is 16.3. The topological polar surface area (TPSA) is 162 Å². The maximum absolute atomic E-state index is 11.0. The van der Waals surface area contributed by atoms with Gasteiger partial charge in [-0.25, -0.2) is 0 Å². The first-order valence-electron chi connectivity index (χ1n) is 11.3. The molecule has 8 heteroatoms. The van der Waals surface area contributed by atoms with E-state index in [9.17, 15) is 40.9 Å². The fourth-order valence-corrected chi connectivity index (χ4v) is 6.25. The number of benzene rings is 4. The molecular formula is C28H22O8. The average molecular weight is 486 g/mol. The largest absolute Gasteiger partial charge is 0.508 e. The van der Waals surface area contributed by atoms with Crippen LogP contribution in [0.2, 0.25) is 0 Å². The predicted molar refractivity (Wildman–Crippen MR) is 128 cm³/mol. The van der Waals surface area contributed by atoms with Gasteiger partial charge in [0.1, 0.15) is 23.0 Å². The van der Waals surface area contributed by atoms with Crippen LogP contribution in [0.5, 0.6) is 46.0 Å². The molecule has 4 aromatic rings. The van der Waals surface area contributed by atoms with E-state index in [0.29, 0.717) is 33.4 Å². The second-order valence-electron chi connectivity index (χ2n) is 9.44. The van der Waals surface area contributed by atoms with Crippen LogP contribution in [0.15, 0.2) is 60.7 Å². The molecule has 0 fully saturated rings. The molecule has 36 heavy (non-hydrogen) atoms. The standard InChI is InChI=1S/C28H22O8/c29-13-7-15-25(21(35)9-13)23(11-1-3-17(31)19(33)5-11)27-16-8-14(30)10-22(36)26(16)24(28(15)27)12-2-4-18(32)20(34)6-12/h1-10,23-24,27-36H/t23-,24?,27+,28+/m1/s1. The number of rotatable bonds is 2. The molecular weight excluding hydrogens is 464 g/mol. The molecule has 2 aliphatic rings. The molecule has 0 saturated carbocycles. The minimum absolute atomic E-state index is 0.157. The van der Waals surface area contributed by atoms with Crippen molar-refractivity contribution < 1.29 is 40.9 Å². The van der Waals surface area contributed by atoms with Crippen LogP contribution < -0.4 is 0 Å². The summed E-state index contributed by atoms with van der Waals surface area (Å²) in [6.45, 7) is 0. The van der Waals surface area contributed by atoms with Crippen LogP contribution in [0.1, 0.15) is 57.1 Å². The van der Waals surface area contributed by atoms with Gasteiger partial charge in [0.05, 0.1) is 0 Å². The molecule has 0 spiro atoms. The molecule has 182 valence electrons. The second-order valence-corrected chi connectivity index (χ2v) is 9.44. The average Bonchev–Trinajstić information content (AvgIpc) is 3.31. The smallest absolute Gasteiger partial charge is 0.157 e. The lowest BCUT2D eigenvalue weighted by molar-refractivity contribution is 0.401. The third kappa shape index (κ3) is 2.94. The van der Waals surface area contributed by atoms with E-state index in [-0.39, 0.29) is 46.0 Å². The molecule has 8 nitrogen and oxygen atoms in total. The molecule has 0 heterocycles. The van der Waals surface area contributed by atoms with E-state index < -0.39 is 23.7 Å². The Balaban J connectivity index is 1.68. The number of phenolic OH excluding ortho intramolecular Hbond substituents is 8. The summed E-state index contributed by atoms with van der Waals surface area (Å²) in [5, 5.41) is 83.0. The Morgan fingerprint density at radius 2 is 0.778 bits per heavy atom. The molecule has 2 aliphatic carbocycles. The number of hydrogen-bond acceptors (Lipinski definition) is 8. The van der Waals surface area contributed by atoms with Crippen molar-refractivity contribution >= 4 is 0 Å². The summed E-state index contributed by atoms with van der Waals surface area (Å²) in [6.07, 6.45) is 0. The first-order valence-corrected chi connectivity index (χ1v) is 11.3. The van der Waals surface area contributed by atoms with E-state index in [2.05, 4.69) is 0 Å². The highest BCUT2D eigenvalue weighted by molar-refractivity contribution is 5.68. The molecule has 0 radical (unpaired) electrons. The molecule has 8 N–H and O–H groups in total. The van der Waals surface area contributed by atoms with E-state index in [1.807, 2.05) is 0 Å². The summed E-state index contributed by atoms with van der Waals surface area (Å²) >= 11 is 0. The van der Waals surface area contributed by atoms with Crippen molar-refractivity contribution in [1.82, 2.24) is 0 Å². The van der Waals surface area contributed by atoms with Gasteiger partial charge in [0.2, 0.25) is 0 Å². The predicted octanol–water partition coefficient (Wildman–Crippen LogP) is 4.49. The number of fused-ring (bicyclic) bond motifs is 5. The van der Waals surface area contributed by atoms with Gasteiger partial charge in [0.25, 0.3) is 0 Å². The van der Waals surface area contributed by atoms with E-state index in [1.54, 1.807) is 24.3 Å². The molecule has 4 aromatic carbocycles. The van der Waals surface area contributed by atoms with Crippen molar-refractivity contribution in [2.45, 2.75) is 23.7 Å². The third-order valence-corrected chi connectivity index (χ3v) is 7.51. The van der Waals surface area contributed by atoms with E-state index in [1.165, 1.54) is 36.4 Å². The van der Waals surface area contributed by atoms with Gasteiger partial charge >= 0.3 is 0 Å². The number of hydrogen-bond donors (Lipinski definition) is 8. The maximum atomic E-state index is 11.0. The first kappa shape index (κ1) is 21.8. The molecule has 0 aromatic heterocycles. The Hall–Kier alpha value is -4.72. The third-order valence-electron chi connectivity index (χ3n) is 7.51. The van der Waals surface area contributed by atoms with E-state index >= 15 is 0 Å². The molecule has 0 saturated heterocycles. The minimum Gasteiger partial charge on any atom is -0.508 e. The van der Waals surface area contributed by atoms with Crippen molar-refractivity contribution in [3.63, 3.8) is 0 Å². The zero-order chi connectivity index (χ0) is 25.5. The van der Waals surface area contributed by atoms with Crippen LogP contribution in [0.4, 0.5) is 0 Å². The van der Waals surface area contributed by atoms with Crippen LogP contribution in [0.25, 0.3) is 0 Å². The molecule has 4 atom stereocenters. The Morgan fingerprint density at radius 3 is 1.14 bits per heavy atom. The second kappa shape index (κ2) is 7.39. The quantitative estimate of drug-likeness (QED) is 0.192. The zero-order valence-corrected chi connectivity index (χ0v) is 18.7. The molecule has 1 unspecified atom stereocenters. The van der Waals surface area contributed by atoms with Crippen molar-refractivity contribution in [2.24, 2.45) is 0 Å². The lowest BCUT2D eigenvalue weighted by atomic mass is 9.79. The van der Waals surface area contributed by atoms with Crippen LogP contribution in [0.3, 0.4) is 0 Å². The summed E-state index contributed by atoms with van der Waals surface area (Å²) in [4.78, 5) is 0. The lowest BCUT2D eigenvalue weighted by Crippen LogP contribution is -2.10. The normalized spacial score (nSPS) is 21.7. The van der Waals surface area contributed by atoms with Gasteiger partial charge in [-0.05, 0) is 58.7 Å². The van der Waals surface area contributed by atoms with Crippen molar-refractivity contribution in [3.8, 4) is 46.0 Å². The van der Waals surface area contributed by atoms with Gasteiger partial charge in [-0.2, -0.15) is 0 Å². The van der Waals surface area contributed by atoms with Crippen LogP contribution >= 0.6 is 0 Å². The molecule has 0 amide bonds. The van der Waals surface area contributed by atoms with Gasteiger partial charge in [-0.1, -0.05) is 12.1 Å². The highest BCUT2D eigenvalue weighted by Crippen LogP contribution is 2.69. The fraction of sp³-hybridized carbons (Fsp3) is 0.143. The molecule has 6 rings (SSSR count). The Bertz CT molecular complexity index is 1440. The van der Waals surface area contributed by atoms with Gasteiger partial charge in [-0.15, -0.1) is 0 Å². The SMILES string of the molecule is Oc1cc(O)c2c(c1)[C@H]1[C@H](c3ccc(O)c(O)c3)c3c(O)cc(O)cc3[C@H]1C2c1ccc(O)c(O)c1. The zero-order valence-electron chi connectivity index (χ0n) is 18.7. The van der Waals surface area contributed by atoms with Crippen LogP contribution in [-0.2, 0) is 0 Å². The summed E-state index contributed by atoms with van der Waals surface area (Å²) in [6, 6.07) is 14.3. The highest BCUT2D eigenvalue weighted by Gasteiger charge is 2.54. The van der Waals surface area contributed by atoms with Gasteiger partial charge in [-0.3, -0.25) is 0 Å². The fourth-order valence-electron chi connectivity index (χ4n) is 6.25. The van der Waals surface area contributed by atoms with Gasteiger partial charge < -0.3 is 40.9 Å². The summed E-state index contributed by atoms with van der Waals surface area (Å²) in [5.74, 6) is -4.00. The number of phenols is 8. The van der Waals surface area contributed by atoms with Crippen LogP contribution in [0, 0.1) is 0 Å². The maximum Gasteiger partial charge on any atom is 0.157 e. The van der Waals surface area contributed by atoms with E-state index in [0.717, 1.165) is 0 Å². The summed E-state index contributed by atoms with van der Waals surface area (Å²) in [7, 11) is 0.